The molecule has 0 radical (unpaired) electrons. The van der Waals surface area contributed by atoms with Gasteiger partial charge in [-0.1, -0.05) is 0 Å². The monoisotopic (exact) mass is 177 g/mol. The Hall–Kier alpha value is 0.170. The third kappa shape index (κ3) is 1.83. The molecule has 4 heteroatoms. The van der Waals surface area contributed by atoms with Crippen LogP contribution in [-0.2, 0) is 4.79 Å². The second-order valence-electron chi connectivity index (χ2n) is 2.47. The summed E-state index contributed by atoms with van der Waals surface area (Å²) >= 11 is 5.95. The number of carbonyl (C=O) groups excluding carboxylic acids is 1. The van der Waals surface area contributed by atoms with E-state index in [9.17, 15) is 4.79 Å². The molecule has 0 aliphatic carbocycles. The zero-order valence-electron chi connectivity index (χ0n) is 5.62. The molecule has 1 aliphatic heterocycles. The fraction of sp³-hybridized carbons (Fsp3) is 0.833. The van der Waals surface area contributed by atoms with Crippen LogP contribution in [0.25, 0.3) is 0 Å². The molecule has 1 fully saturated rings. The summed E-state index contributed by atoms with van der Waals surface area (Å²) in [5.74, 6) is 1.69. The highest BCUT2D eigenvalue weighted by atomic mass is 32.2. The first-order chi connectivity index (χ1) is 4.74. The summed E-state index contributed by atoms with van der Waals surface area (Å²) in [4.78, 5) is 10.6. The van der Waals surface area contributed by atoms with Gasteiger partial charge in [0.15, 0.2) is 0 Å². The summed E-state index contributed by atoms with van der Waals surface area (Å²) in [6, 6.07) is 0. The molecule has 0 aromatic heterocycles. The number of hydrogen-bond donors (Lipinski definition) is 2. The van der Waals surface area contributed by atoms with Crippen LogP contribution in [0.3, 0.4) is 0 Å². The van der Waals surface area contributed by atoms with E-state index in [2.05, 4.69) is 12.6 Å². The van der Waals surface area contributed by atoms with Crippen LogP contribution in [0.15, 0.2) is 0 Å². The van der Waals surface area contributed by atoms with Crippen LogP contribution < -0.4 is 5.73 Å². The van der Waals surface area contributed by atoms with E-state index in [0.29, 0.717) is 5.25 Å². The van der Waals surface area contributed by atoms with Gasteiger partial charge in [0.1, 0.15) is 0 Å². The van der Waals surface area contributed by atoms with Crippen molar-refractivity contribution < 1.29 is 4.79 Å². The van der Waals surface area contributed by atoms with E-state index in [0.717, 1.165) is 17.9 Å². The second kappa shape index (κ2) is 3.53. The minimum absolute atomic E-state index is 0.0992. The Balaban J connectivity index is 2.35. The van der Waals surface area contributed by atoms with E-state index in [4.69, 9.17) is 5.73 Å². The number of primary amides is 1. The Morgan fingerprint density at radius 3 is 2.80 bits per heavy atom. The standard InChI is InChI=1S/C6H11NOS2/c7-6(8)4-1-5(2-9)10-3-4/h4-5,9H,1-3H2,(H2,7,8)/t4-,5+/m0/s1. The summed E-state index contributed by atoms with van der Waals surface area (Å²) in [7, 11) is 0. The molecule has 10 heavy (non-hydrogen) atoms. The first kappa shape index (κ1) is 8.27. The van der Waals surface area contributed by atoms with Gasteiger partial charge in [0.25, 0.3) is 0 Å². The smallest absolute Gasteiger partial charge is 0.221 e. The summed E-state index contributed by atoms with van der Waals surface area (Å²) in [6.07, 6.45) is 0.920. The van der Waals surface area contributed by atoms with E-state index in [-0.39, 0.29) is 11.8 Å². The molecule has 0 spiro atoms. The summed E-state index contributed by atoms with van der Waals surface area (Å²) in [6.45, 7) is 0. The molecule has 1 saturated heterocycles. The number of nitrogens with two attached hydrogens (primary N) is 1. The van der Waals surface area contributed by atoms with Crippen molar-refractivity contribution in [3.05, 3.63) is 0 Å². The molecule has 1 heterocycles. The van der Waals surface area contributed by atoms with Crippen molar-refractivity contribution in [2.75, 3.05) is 11.5 Å². The van der Waals surface area contributed by atoms with Gasteiger partial charge < -0.3 is 5.73 Å². The highest BCUT2D eigenvalue weighted by Gasteiger charge is 2.27. The second-order valence-corrected chi connectivity index (χ2v) is 4.17. The molecule has 1 rings (SSSR count). The van der Waals surface area contributed by atoms with Crippen molar-refractivity contribution in [1.29, 1.82) is 0 Å². The van der Waals surface area contributed by atoms with E-state index in [1.165, 1.54) is 0 Å². The highest BCUT2D eigenvalue weighted by Crippen LogP contribution is 2.31. The SMILES string of the molecule is NC(=O)[C@@H]1CS[C@@H](CS)C1. The fourth-order valence-corrected chi connectivity index (χ4v) is 2.78. The van der Waals surface area contributed by atoms with Crippen molar-refractivity contribution in [2.45, 2.75) is 11.7 Å². The van der Waals surface area contributed by atoms with Crippen LogP contribution in [0.2, 0.25) is 0 Å². The van der Waals surface area contributed by atoms with Gasteiger partial charge in [0.2, 0.25) is 5.91 Å². The fourth-order valence-electron chi connectivity index (χ4n) is 1.03. The van der Waals surface area contributed by atoms with Crippen molar-refractivity contribution in [1.82, 2.24) is 0 Å². The van der Waals surface area contributed by atoms with Crippen LogP contribution in [0.4, 0.5) is 0 Å². The first-order valence-electron chi connectivity index (χ1n) is 3.26. The van der Waals surface area contributed by atoms with Crippen LogP contribution in [0.1, 0.15) is 6.42 Å². The summed E-state index contributed by atoms with van der Waals surface area (Å²) in [5, 5.41) is 0.542. The minimum Gasteiger partial charge on any atom is -0.369 e. The minimum atomic E-state index is -0.156. The molecule has 1 amide bonds. The number of amides is 1. The quantitative estimate of drug-likeness (QED) is 0.604. The van der Waals surface area contributed by atoms with Gasteiger partial charge in [0.05, 0.1) is 0 Å². The van der Waals surface area contributed by atoms with Crippen molar-refractivity contribution in [3.63, 3.8) is 0 Å². The Morgan fingerprint density at radius 2 is 2.50 bits per heavy atom. The number of carbonyl (C=O) groups is 1. The molecule has 1 aliphatic rings. The molecule has 0 bridgehead atoms. The number of hydrogen-bond acceptors (Lipinski definition) is 3. The third-order valence-electron chi connectivity index (χ3n) is 1.69. The summed E-state index contributed by atoms with van der Waals surface area (Å²) < 4.78 is 0. The highest BCUT2D eigenvalue weighted by molar-refractivity contribution is 8.00. The number of rotatable bonds is 2. The Morgan fingerprint density at radius 1 is 1.80 bits per heavy atom. The molecule has 2 N–H and O–H groups in total. The average molecular weight is 177 g/mol. The normalized spacial score (nSPS) is 32.5. The average Bonchev–Trinajstić information content (AvgIpc) is 2.34. The number of thioether (sulfide) groups is 1. The van der Waals surface area contributed by atoms with E-state index in [1.807, 2.05) is 0 Å². The molecule has 2 nitrogen and oxygen atoms in total. The van der Waals surface area contributed by atoms with Gasteiger partial charge in [-0.25, -0.2) is 0 Å². The molecule has 0 unspecified atom stereocenters. The van der Waals surface area contributed by atoms with Crippen LogP contribution in [-0.4, -0.2) is 22.7 Å². The largest absolute Gasteiger partial charge is 0.369 e. The van der Waals surface area contributed by atoms with Crippen molar-refractivity contribution >= 4 is 30.3 Å². The van der Waals surface area contributed by atoms with Gasteiger partial charge >= 0.3 is 0 Å². The van der Waals surface area contributed by atoms with E-state index in [1.54, 1.807) is 11.8 Å². The lowest BCUT2D eigenvalue weighted by Gasteiger charge is -2.02. The van der Waals surface area contributed by atoms with Gasteiger partial charge in [0, 0.05) is 22.7 Å². The first-order valence-corrected chi connectivity index (χ1v) is 4.94. The number of thiol groups is 1. The lowest BCUT2D eigenvalue weighted by molar-refractivity contribution is -0.121. The van der Waals surface area contributed by atoms with Crippen LogP contribution >= 0.6 is 24.4 Å². The lowest BCUT2D eigenvalue weighted by Crippen LogP contribution is -2.23. The predicted molar refractivity (Wildman–Crippen MR) is 47.4 cm³/mol. The van der Waals surface area contributed by atoms with Gasteiger partial charge in [-0.15, -0.1) is 0 Å². The van der Waals surface area contributed by atoms with Crippen molar-refractivity contribution in [2.24, 2.45) is 11.7 Å². The maximum Gasteiger partial charge on any atom is 0.221 e. The Kier molecular flexibility index (Phi) is 2.92. The maximum atomic E-state index is 10.6. The lowest BCUT2D eigenvalue weighted by atomic mass is 10.1. The zero-order valence-corrected chi connectivity index (χ0v) is 7.33. The topological polar surface area (TPSA) is 43.1 Å². The molecular formula is C6H11NOS2. The molecular weight excluding hydrogens is 166 g/mol. The van der Waals surface area contributed by atoms with Gasteiger partial charge in [-0.05, 0) is 6.42 Å². The molecule has 0 saturated carbocycles. The molecule has 0 aromatic rings. The van der Waals surface area contributed by atoms with E-state index < -0.39 is 0 Å². The van der Waals surface area contributed by atoms with Gasteiger partial charge in [-0.2, -0.15) is 24.4 Å². The Bertz CT molecular complexity index is 140. The summed E-state index contributed by atoms with van der Waals surface area (Å²) in [5.41, 5.74) is 5.14. The Labute approximate surface area is 70.3 Å². The third-order valence-corrected chi connectivity index (χ3v) is 3.80. The van der Waals surface area contributed by atoms with E-state index >= 15 is 0 Å². The van der Waals surface area contributed by atoms with Gasteiger partial charge in [-0.3, -0.25) is 4.79 Å². The molecule has 2 atom stereocenters. The van der Waals surface area contributed by atoms with Crippen molar-refractivity contribution in [3.8, 4) is 0 Å². The molecule has 0 aromatic carbocycles. The zero-order chi connectivity index (χ0) is 7.56. The predicted octanol–water partition coefficient (Wildman–Crippen LogP) is 0.523. The van der Waals surface area contributed by atoms with Crippen LogP contribution in [0.5, 0.6) is 0 Å². The van der Waals surface area contributed by atoms with Crippen LogP contribution in [0, 0.1) is 5.92 Å². The maximum absolute atomic E-state index is 10.6. The molecule has 58 valence electrons.